The molecule has 0 amide bonds. The molecule has 0 N–H and O–H groups in total. The van der Waals surface area contributed by atoms with E-state index in [2.05, 4.69) is 34.6 Å². The molecule has 392 valence electrons. The van der Waals surface area contributed by atoms with E-state index in [9.17, 15) is 24.0 Å². The predicted octanol–water partition coefficient (Wildman–Crippen LogP) is 16.0. The Balaban J connectivity index is 0.000000420. The van der Waals surface area contributed by atoms with E-state index in [1.165, 1.54) is 167 Å². The van der Waals surface area contributed by atoms with Crippen LogP contribution in [0.5, 0.6) is 0 Å². The Morgan fingerprint density at radius 1 is 0.269 bits per heavy atom. The lowest BCUT2D eigenvalue weighted by Crippen LogP contribution is -2.23. The molecule has 5 aliphatic heterocycles. The summed E-state index contributed by atoms with van der Waals surface area (Å²) in [5, 5.41) is 0. The van der Waals surface area contributed by atoms with Gasteiger partial charge in [-0.15, -0.1) is 0 Å². The van der Waals surface area contributed by atoms with Crippen LogP contribution in [0.3, 0.4) is 0 Å². The van der Waals surface area contributed by atoms with Gasteiger partial charge in [0.1, 0.15) is 30.5 Å². The molecule has 0 aliphatic carbocycles. The molecule has 5 rings (SSSR count). The van der Waals surface area contributed by atoms with Crippen LogP contribution in [0.2, 0.25) is 0 Å². The molecule has 0 radical (unpaired) electrons. The number of cyclic esters (lactones) is 5. The van der Waals surface area contributed by atoms with Crippen LogP contribution in [-0.2, 0) is 47.7 Å². The molecule has 5 unspecified atom stereocenters. The van der Waals surface area contributed by atoms with Gasteiger partial charge < -0.3 is 23.7 Å². The molecule has 0 aromatic rings. The maximum Gasteiger partial charge on any atom is 0.306 e. The minimum Gasteiger partial charge on any atom is -0.462 e. The number of ether oxygens (including phenoxy) is 5. The second-order valence-electron chi connectivity index (χ2n) is 20.0. The summed E-state index contributed by atoms with van der Waals surface area (Å²) in [6, 6.07) is 0. The van der Waals surface area contributed by atoms with Gasteiger partial charge in [-0.25, -0.2) is 0 Å². The van der Waals surface area contributed by atoms with Crippen LogP contribution in [0.4, 0.5) is 0 Å². The van der Waals surface area contributed by atoms with Gasteiger partial charge in [0.2, 0.25) is 0 Å². The van der Waals surface area contributed by atoms with Gasteiger partial charge >= 0.3 is 29.8 Å². The maximum atomic E-state index is 11.0. The molecule has 10 heteroatoms. The molecule has 5 heterocycles. The van der Waals surface area contributed by atoms with E-state index in [0.717, 1.165) is 70.6 Å². The van der Waals surface area contributed by atoms with E-state index >= 15 is 0 Å². The molecular formula is C57H104O10. The first-order chi connectivity index (χ1) is 32.6. The molecule has 5 saturated heterocycles. The van der Waals surface area contributed by atoms with E-state index < -0.39 is 0 Å². The normalized spacial score (nSPS) is 21.8. The summed E-state index contributed by atoms with van der Waals surface area (Å²) in [6.45, 7) is 11.1. The average Bonchev–Trinajstić information content (AvgIpc) is 4.15. The summed E-state index contributed by atoms with van der Waals surface area (Å²) in [5.41, 5.74) is 0. The number of hydrogen-bond donors (Lipinski definition) is 0. The van der Waals surface area contributed by atoms with E-state index in [1.54, 1.807) is 0 Å². The van der Waals surface area contributed by atoms with Gasteiger partial charge in [-0.1, -0.05) is 169 Å². The third-order valence-electron chi connectivity index (χ3n) is 13.5. The van der Waals surface area contributed by atoms with Crippen molar-refractivity contribution in [2.75, 3.05) is 0 Å². The minimum atomic E-state index is -0.00787. The van der Waals surface area contributed by atoms with Gasteiger partial charge in [0.15, 0.2) is 0 Å². The standard InChI is InChI=1S/C13H24O2.2C12H22O2.C11H20O2.C9H16O2/c1-2-3-4-5-6-7-8-9-12-10-11-13(14)15-12;1-2-3-4-5-6-8-11-9-7-10-12(13)14-11;1-2-3-4-5-6-7-8-11-9-10-12(13)14-11;1-2-3-4-5-6-7-10-8-9-11(12)13-10;1-2-3-4-5-8-6-7-9(10)11-8/h12H,2-11H2,1H3;2*11H,2-10H2,1H3;10H,2-9H2,1H3;8H,2-7H2,1H3. The van der Waals surface area contributed by atoms with Crippen molar-refractivity contribution in [1.82, 2.24) is 0 Å². The van der Waals surface area contributed by atoms with Crippen molar-refractivity contribution in [1.29, 1.82) is 0 Å². The first-order valence-electron chi connectivity index (χ1n) is 28.6. The Morgan fingerprint density at radius 3 is 0.701 bits per heavy atom. The fourth-order valence-electron chi connectivity index (χ4n) is 9.18. The second kappa shape index (κ2) is 44.6. The third-order valence-corrected chi connectivity index (χ3v) is 13.5. The Labute approximate surface area is 411 Å². The van der Waals surface area contributed by atoms with Crippen molar-refractivity contribution in [2.24, 2.45) is 0 Å². The highest BCUT2D eigenvalue weighted by Crippen LogP contribution is 2.23. The average molecular weight is 949 g/mol. The molecule has 0 bridgehead atoms. The highest BCUT2D eigenvalue weighted by Gasteiger charge is 2.25. The van der Waals surface area contributed by atoms with Crippen LogP contribution in [0, 0.1) is 0 Å². The van der Waals surface area contributed by atoms with Crippen LogP contribution in [-0.4, -0.2) is 60.4 Å². The van der Waals surface area contributed by atoms with Crippen LogP contribution >= 0.6 is 0 Å². The number of hydrogen-bond acceptors (Lipinski definition) is 10. The zero-order chi connectivity index (χ0) is 49.0. The molecule has 10 nitrogen and oxygen atoms in total. The van der Waals surface area contributed by atoms with Crippen LogP contribution < -0.4 is 0 Å². The summed E-state index contributed by atoms with van der Waals surface area (Å²) in [5.74, 6) is 0.00351. The maximum absolute atomic E-state index is 11.0. The zero-order valence-electron chi connectivity index (χ0n) is 44.2. The molecule has 0 spiro atoms. The fourth-order valence-corrected chi connectivity index (χ4v) is 9.18. The molecular weight excluding hydrogens is 845 g/mol. The van der Waals surface area contributed by atoms with Crippen molar-refractivity contribution >= 4 is 29.8 Å². The van der Waals surface area contributed by atoms with Crippen molar-refractivity contribution in [3.8, 4) is 0 Å². The number of rotatable bonds is 31. The highest BCUT2D eigenvalue weighted by atomic mass is 16.6. The minimum absolute atomic E-state index is 0.000910. The first kappa shape index (κ1) is 62.4. The lowest BCUT2D eigenvalue weighted by Gasteiger charge is -2.21. The fraction of sp³-hybridized carbons (Fsp3) is 0.912. The van der Waals surface area contributed by atoms with Gasteiger partial charge in [-0.2, -0.15) is 0 Å². The Morgan fingerprint density at radius 2 is 0.463 bits per heavy atom. The lowest BCUT2D eigenvalue weighted by molar-refractivity contribution is -0.154. The molecule has 5 aliphatic rings. The van der Waals surface area contributed by atoms with E-state index in [4.69, 9.17) is 23.7 Å². The summed E-state index contributed by atoms with van der Waals surface area (Å²) in [6.07, 6.45) is 49.6. The first-order valence-corrected chi connectivity index (χ1v) is 28.6. The Bertz CT molecular complexity index is 1220. The molecule has 67 heavy (non-hydrogen) atoms. The van der Waals surface area contributed by atoms with Gasteiger partial charge in [0.25, 0.3) is 0 Å². The molecule has 0 aromatic carbocycles. The quantitative estimate of drug-likeness (QED) is 0.0376. The van der Waals surface area contributed by atoms with Gasteiger partial charge in [-0.05, 0) is 103 Å². The number of unbranched alkanes of at least 4 members (excludes halogenated alkanes) is 21. The van der Waals surface area contributed by atoms with Crippen molar-refractivity contribution in [3.63, 3.8) is 0 Å². The predicted molar refractivity (Wildman–Crippen MR) is 272 cm³/mol. The van der Waals surface area contributed by atoms with Crippen molar-refractivity contribution in [3.05, 3.63) is 0 Å². The van der Waals surface area contributed by atoms with Crippen LogP contribution in [0.15, 0.2) is 0 Å². The number of esters is 5. The van der Waals surface area contributed by atoms with E-state index in [1.807, 2.05) is 0 Å². The summed E-state index contributed by atoms with van der Waals surface area (Å²) in [7, 11) is 0. The summed E-state index contributed by atoms with van der Waals surface area (Å²) < 4.78 is 25.8. The second-order valence-corrected chi connectivity index (χ2v) is 20.0. The Hall–Kier alpha value is -2.65. The van der Waals surface area contributed by atoms with Gasteiger partial charge in [0.05, 0.1) is 0 Å². The van der Waals surface area contributed by atoms with Gasteiger partial charge in [0, 0.05) is 32.1 Å². The summed E-state index contributed by atoms with van der Waals surface area (Å²) in [4.78, 5) is 54.1. The molecule has 5 fully saturated rings. The topological polar surface area (TPSA) is 132 Å². The van der Waals surface area contributed by atoms with Crippen LogP contribution in [0.25, 0.3) is 0 Å². The monoisotopic (exact) mass is 949 g/mol. The highest BCUT2D eigenvalue weighted by molar-refractivity contribution is 5.72. The molecule has 0 saturated carbocycles. The summed E-state index contributed by atoms with van der Waals surface area (Å²) >= 11 is 0. The van der Waals surface area contributed by atoms with E-state index in [0.29, 0.717) is 32.1 Å². The molecule has 5 atom stereocenters. The van der Waals surface area contributed by atoms with E-state index in [-0.39, 0.29) is 60.4 Å². The zero-order valence-corrected chi connectivity index (χ0v) is 44.2. The smallest absolute Gasteiger partial charge is 0.306 e. The van der Waals surface area contributed by atoms with Gasteiger partial charge in [-0.3, -0.25) is 24.0 Å². The SMILES string of the molecule is CCCCCC1CCC(=O)O1.CCCCCCCC1CCC(=O)O1.CCCCCCCC1CCCC(=O)O1.CCCCCCCCC1CCC(=O)O1.CCCCCCCCCC1CCC(=O)O1. The Kier molecular flexibility index (Phi) is 41.5. The largest absolute Gasteiger partial charge is 0.462 e. The van der Waals surface area contributed by atoms with Crippen molar-refractivity contribution in [2.45, 2.75) is 335 Å². The van der Waals surface area contributed by atoms with Crippen molar-refractivity contribution < 1.29 is 47.7 Å². The van der Waals surface area contributed by atoms with Crippen LogP contribution in [0.1, 0.15) is 304 Å². The number of carbonyl (C=O) groups excluding carboxylic acids is 5. The third kappa shape index (κ3) is 37.9. The lowest BCUT2D eigenvalue weighted by atomic mass is 10.0. The molecule has 0 aromatic heterocycles. The number of carbonyl (C=O) groups is 5.